The zero-order chi connectivity index (χ0) is 30.0. The second-order valence-corrected chi connectivity index (χ2v) is 12.3. The molecule has 1 fully saturated rings. The Bertz CT molecular complexity index is 1620. The van der Waals surface area contributed by atoms with Gasteiger partial charge in [-0.15, -0.1) is 11.3 Å². The standard InChI is InChI=1S/C32H36ClN3O5S/c1-18-5-12-26-23(13-18)19(2)30(36(26)16-29(37)38)31(39)35-32-34-22(17-42-32)11-8-20-6-9-21(10-7-20)24-14-28(41-4)25(33)15-27(24)40-3/h5,12-15,17,20-21H,6-11,16H2,1-4H3,(H,37,38)(H,34,35,39). The van der Waals surface area contributed by atoms with E-state index >= 15 is 0 Å². The number of aryl methyl sites for hydroxylation is 3. The van der Waals surface area contributed by atoms with Gasteiger partial charge in [-0.1, -0.05) is 23.2 Å². The van der Waals surface area contributed by atoms with Gasteiger partial charge in [0.05, 0.1) is 24.9 Å². The van der Waals surface area contributed by atoms with E-state index in [-0.39, 0.29) is 12.5 Å². The van der Waals surface area contributed by atoms with Gasteiger partial charge in [0.1, 0.15) is 23.7 Å². The fourth-order valence-corrected chi connectivity index (χ4v) is 7.15. The van der Waals surface area contributed by atoms with Crippen LogP contribution >= 0.6 is 22.9 Å². The van der Waals surface area contributed by atoms with Crippen molar-refractivity contribution in [2.24, 2.45) is 5.92 Å². The normalized spacial score (nSPS) is 16.9. The number of ether oxygens (including phenoxy) is 2. The molecule has 1 aliphatic rings. The molecule has 10 heteroatoms. The number of thiazole rings is 1. The summed E-state index contributed by atoms with van der Waals surface area (Å²) in [5, 5.41) is 16.4. The number of rotatable bonds is 10. The van der Waals surface area contributed by atoms with Gasteiger partial charge in [-0.2, -0.15) is 0 Å². The molecule has 0 bridgehead atoms. The van der Waals surface area contributed by atoms with Gasteiger partial charge in [0, 0.05) is 27.9 Å². The maximum absolute atomic E-state index is 13.4. The molecule has 0 radical (unpaired) electrons. The third kappa shape index (κ3) is 6.27. The molecule has 0 unspecified atom stereocenters. The van der Waals surface area contributed by atoms with E-state index in [1.165, 1.54) is 11.3 Å². The van der Waals surface area contributed by atoms with E-state index in [0.717, 1.165) is 77.6 Å². The number of hydrogen-bond acceptors (Lipinski definition) is 6. The predicted molar refractivity (Wildman–Crippen MR) is 167 cm³/mol. The second kappa shape index (κ2) is 12.8. The van der Waals surface area contributed by atoms with Crippen LogP contribution in [-0.4, -0.2) is 40.8 Å². The van der Waals surface area contributed by atoms with E-state index in [0.29, 0.717) is 33.4 Å². The lowest BCUT2D eigenvalue weighted by molar-refractivity contribution is -0.137. The molecule has 8 nitrogen and oxygen atoms in total. The molecule has 0 spiro atoms. The molecular formula is C32H36ClN3O5S. The first-order chi connectivity index (χ1) is 20.2. The van der Waals surface area contributed by atoms with Crippen LogP contribution in [0.5, 0.6) is 11.5 Å². The lowest BCUT2D eigenvalue weighted by Gasteiger charge is -2.30. The van der Waals surface area contributed by atoms with Crippen LogP contribution in [-0.2, 0) is 17.8 Å². The Labute approximate surface area is 254 Å². The molecule has 2 aromatic heterocycles. The van der Waals surface area contributed by atoms with Crippen molar-refractivity contribution in [3.05, 3.63) is 68.8 Å². The largest absolute Gasteiger partial charge is 0.496 e. The molecule has 42 heavy (non-hydrogen) atoms. The number of amides is 1. The van der Waals surface area contributed by atoms with Crippen molar-refractivity contribution in [2.45, 2.75) is 64.8 Å². The second-order valence-electron chi connectivity index (χ2n) is 11.1. The van der Waals surface area contributed by atoms with Gasteiger partial charge in [0.2, 0.25) is 0 Å². The number of carboxylic acids is 1. The summed E-state index contributed by atoms with van der Waals surface area (Å²) >= 11 is 7.70. The molecule has 2 aromatic carbocycles. The number of carbonyl (C=O) groups excluding carboxylic acids is 1. The zero-order valence-electron chi connectivity index (χ0n) is 24.3. The van der Waals surface area contributed by atoms with Crippen molar-refractivity contribution >= 4 is 50.8 Å². The molecule has 0 saturated heterocycles. The molecule has 1 amide bonds. The highest BCUT2D eigenvalue weighted by Gasteiger charge is 2.26. The number of aromatic nitrogens is 2. The predicted octanol–water partition coefficient (Wildman–Crippen LogP) is 7.63. The number of methoxy groups -OCH3 is 2. The van der Waals surface area contributed by atoms with Gasteiger partial charge in [-0.25, -0.2) is 4.98 Å². The van der Waals surface area contributed by atoms with Crippen LogP contribution in [0.1, 0.15) is 70.9 Å². The molecule has 1 aliphatic carbocycles. The Kier molecular flexibility index (Phi) is 9.08. The summed E-state index contributed by atoms with van der Waals surface area (Å²) < 4.78 is 12.6. The number of carboxylic acid groups (broad SMARTS) is 1. The van der Waals surface area contributed by atoms with Crippen LogP contribution in [0.3, 0.4) is 0 Å². The van der Waals surface area contributed by atoms with E-state index in [9.17, 15) is 14.7 Å². The third-order valence-corrected chi connectivity index (χ3v) is 9.45. The van der Waals surface area contributed by atoms with Gasteiger partial charge in [0.25, 0.3) is 5.91 Å². The number of nitrogens with one attached hydrogen (secondary N) is 1. The Morgan fingerprint density at radius 3 is 2.52 bits per heavy atom. The number of aliphatic carboxylic acids is 1. The van der Waals surface area contributed by atoms with Crippen molar-refractivity contribution in [1.29, 1.82) is 0 Å². The lowest BCUT2D eigenvalue weighted by atomic mass is 9.77. The summed E-state index contributed by atoms with van der Waals surface area (Å²) in [6, 6.07) is 9.63. The van der Waals surface area contributed by atoms with Gasteiger partial charge in [-0.3, -0.25) is 14.9 Å². The first-order valence-electron chi connectivity index (χ1n) is 14.2. The molecule has 0 aliphatic heterocycles. The molecule has 4 aromatic rings. The molecule has 5 rings (SSSR count). The SMILES string of the molecule is COc1cc(C2CCC(CCc3csc(NC(=O)c4c(C)c5cc(C)ccc5n4CC(=O)O)n3)CC2)c(OC)cc1Cl. The van der Waals surface area contributed by atoms with Gasteiger partial charge in [0.15, 0.2) is 5.13 Å². The van der Waals surface area contributed by atoms with E-state index in [1.807, 2.05) is 49.6 Å². The van der Waals surface area contributed by atoms with Crippen LogP contribution < -0.4 is 14.8 Å². The number of fused-ring (bicyclic) bond motifs is 1. The van der Waals surface area contributed by atoms with Gasteiger partial charge in [-0.05, 0) is 88.0 Å². The van der Waals surface area contributed by atoms with Gasteiger partial charge >= 0.3 is 5.97 Å². The summed E-state index contributed by atoms with van der Waals surface area (Å²) in [5.74, 6) is 1.16. The number of benzene rings is 2. The Balaban J connectivity index is 1.20. The highest BCUT2D eigenvalue weighted by Crippen LogP contribution is 2.44. The highest BCUT2D eigenvalue weighted by atomic mass is 35.5. The third-order valence-electron chi connectivity index (χ3n) is 8.35. The monoisotopic (exact) mass is 609 g/mol. The summed E-state index contributed by atoms with van der Waals surface area (Å²) in [6.45, 7) is 3.54. The summed E-state index contributed by atoms with van der Waals surface area (Å²) in [7, 11) is 3.31. The quantitative estimate of drug-likeness (QED) is 0.192. The van der Waals surface area contributed by atoms with E-state index in [1.54, 1.807) is 18.8 Å². The van der Waals surface area contributed by atoms with E-state index in [2.05, 4.69) is 10.3 Å². The van der Waals surface area contributed by atoms with Crippen LogP contribution in [0.25, 0.3) is 10.9 Å². The van der Waals surface area contributed by atoms with Crippen LogP contribution in [0.4, 0.5) is 5.13 Å². The smallest absolute Gasteiger partial charge is 0.323 e. The van der Waals surface area contributed by atoms with Crippen molar-refractivity contribution < 1.29 is 24.2 Å². The Morgan fingerprint density at radius 1 is 1.10 bits per heavy atom. The van der Waals surface area contributed by atoms with Crippen molar-refractivity contribution in [2.75, 3.05) is 19.5 Å². The average molecular weight is 610 g/mol. The number of halogens is 1. The highest BCUT2D eigenvalue weighted by molar-refractivity contribution is 7.14. The number of carbonyl (C=O) groups is 2. The Morgan fingerprint density at radius 2 is 1.83 bits per heavy atom. The van der Waals surface area contributed by atoms with Gasteiger partial charge < -0.3 is 19.1 Å². The first-order valence-corrected chi connectivity index (χ1v) is 15.4. The van der Waals surface area contributed by atoms with Crippen molar-refractivity contribution in [1.82, 2.24) is 9.55 Å². The maximum Gasteiger partial charge on any atom is 0.323 e. The summed E-state index contributed by atoms with van der Waals surface area (Å²) in [6.07, 6.45) is 6.28. The zero-order valence-corrected chi connectivity index (χ0v) is 25.9. The van der Waals surface area contributed by atoms with E-state index < -0.39 is 5.97 Å². The summed E-state index contributed by atoms with van der Waals surface area (Å²) in [5.41, 5.74) is 5.00. The minimum atomic E-state index is -1.00. The maximum atomic E-state index is 13.4. The Hall–Kier alpha value is -3.56. The summed E-state index contributed by atoms with van der Waals surface area (Å²) in [4.78, 5) is 29.7. The van der Waals surface area contributed by atoms with Crippen LogP contribution in [0.2, 0.25) is 5.02 Å². The number of anilines is 1. The fraction of sp³-hybridized carbons (Fsp3) is 0.406. The van der Waals surface area contributed by atoms with E-state index in [4.69, 9.17) is 21.1 Å². The molecule has 0 atom stereocenters. The van der Waals surface area contributed by atoms with Crippen LogP contribution in [0.15, 0.2) is 35.7 Å². The topological polar surface area (TPSA) is 103 Å². The van der Waals surface area contributed by atoms with Crippen molar-refractivity contribution in [3.63, 3.8) is 0 Å². The minimum Gasteiger partial charge on any atom is -0.496 e. The molecule has 2 N–H and O–H groups in total. The molecule has 2 heterocycles. The van der Waals surface area contributed by atoms with Crippen LogP contribution in [0, 0.1) is 19.8 Å². The first kappa shape index (κ1) is 29.9. The fourth-order valence-electron chi connectivity index (χ4n) is 6.18. The number of nitrogens with zero attached hydrogens (tertiary/aromatic N) is 2. The minimum absolute atomic E-state index is 0.292. The molecule has 1 saturated carbocycles. The molecule has 222 valence electrons. The lowest BCUT2D eigenvalue weighted by Crippen LogP contribution is -2.20. The number of hydrogen-bond donors (Lipinski definition) is 2. The average Bonchev–Trinajstić information content (AvgIpc) is 3.52. The molecular weight excluding hydrogens is 574 g/mol. The van der Waals surface area contributed by atoms with Crippen molar-refractivity contribution in [3.8, 4) is 11.5 Å².